The van der Waals surface area contributed by atoms with Gasteiger partial charge in [0.1, 0.15) is 0 Å². The third kappa shape index (κ3) is 3.86. The van der Waals surface area contributed by atoms with Crippen LogP contribution < -0.4 is 10.0 Å². The standard InChI is InChI=1S/C25H30N2O3S/c1-16-3-8-23(17(2)9-16)27-31(29,30)22-6-4-21(5-7-22)26-24(28)25-13-18-10-19(14-25)12-20(11-18)15-25/h3-9,18-20,27H,10-15H2,1-2H3,(H,26,28). The number of rotatable bonds is 5. The zero-order valence-corrected chi connectivity index (χ0v) is 19.0. The van der Waals surface area contributed by atoms with Gasteiger partial charge >= 0.3 is 0 Å². The first-order chi connectivity index (χ1) is 14.7. The van der Waals surface area contributed by atoms with Gasteiger partial charge in [-0.3, -0.25) is 9.52 Å². The molecule has 2 N–H and O–H groups in total. The van der Waals surface area contributed by atoms with Crippen molar-refractivity contribution in [2.75, 3.05) is 10.0 Å². The molecule has 0 unspecified atom stereocenters. The number of aryl methyl sites for hydroxylation is 2. The van der Waals surface area contributed by atoms with Crippen molar-refractivity contribution in [3.05, 3.63) is 53.6 Å². The van der Waals surface area contributed by atoms with Crippen LogP contribution in [0.25, 0.3) is 0 Å². The third-order valence-electron chi connectivity index (χ3n) is 7.57. The topological polar surface area (TPSA) is 75.3 Å². The van der Waals surface area contributed by atoms with Gasteiger partial charge in [0, 0.05) is 5.69 Å². The minimum absolute atomic E-state index is 0.121. The first-order valence-corrected chi connectivity index (χ1v) is 12.7. The van der Waals surface area contributed by atoms with Gasteiger partial charge in [-0.25, -0.2) is 8.42 Å². The molecule has 0 spiro atoms. The number of amides is 1. The molecule has 1 amide bonds. The summed E-state index contributed by atoms with van der Waals surface area (Å²) in [6, 6.07) is 12.1. The van der Waals surface area contributed by atoms with Gasteiger partial charge in [-0.15, -0.1) is 0 Å². The van der Waals surface area contributed by atoms with Crippen LogP contribution in [0.1, 0.15) is 49.7 Å². The summed E-state index contributed by atoms with van der Waals surface area (Å²) in [4.78, 5) is 13.4. The summed E-state index contributed by atoms with van der Waals surface area (Å²) in [5, 5.41) is 3.09. The van der Waals surface area contributed by atoms with Gasteiger partial charge in [-0.2, -0.15) is 0 Å². The van der Waals surface area contributed by atoms with Crippen LogP contribution in [0.15, 0.2) is 47.4 Å². The van der Waals surface area contributed by atoms with Crippen molar-refractivity contribution >= 4 is 27.3 Å². The van der Waals surface area contributed by atoms with Crippen LogP contribution in [0.4, 0.5) is 11.4 Å². The molecule has 0 heterocycles. The van der Waals surface area contributed by atoms with Crippen molar-refractivity contribution in [3.63, 3.8) is 0 Å². The molecular formula is C25H30N2O3S. The zero-order valence-electron chi connectivity index (χ0n) is 18.1. The van der Waals surface area contributed by atoms with Gasteiger partial charge < -0.3 is 5.32 Å². The largest absolute Gasteiger partial charge is 0.326 e. The first kappa shape index (κ1) is 20.6. The number of benzene rings is 2. The Kier molecular flexibility index (Phi) is 4.88. The fourth-order valence-electron chi connectivity index (χ4n) is 6.50. The fraction of sp³-hybridized carbons (Fsp3) is 0.480. The molecule has 4 aliphatic rings. The molecule has 4 bridgehead atoms. The summed E-state index contributed by atoms with van der Waals surface area (Å²) in [6.07, 6.45) is 6.93. The average Bonchev–Trinajstić information content (AvgIpc) is 2.69. The molecule has 6 rings (SSSR count). The number of sulfonamides is 1. The predicted octanol–water partition coefficient (Wildman–Crippen LogP) is 5.26. The van der Waals surface area contributed by atoms with E-state index in [2.05, 4.69) is 10.0 Å². The van der Waals surface area contributed by atoms with Crippen molar-refractivity contribution < 1.29 is 13.2 Å². The van der Waals surface area contributed by atoms with Crippen LogP contribution in [0.5, 0.6) is 0 Å². The van der Waals surface area contributed by atoms with E-state index >= 15 is 0 Å². The quantitative estimate of drug-likeness (QED) is 0.669. The summed E-state index contributed by atoms with van der Waals surface area (Å²) in [7, 11) is -3.69. The monoisotopic (exact) mass is 438 g/mol. The second kappa shape index (κ2) is 7.37. The Labute approximate surface area is 184 Å². The highest BCUT2D eigenvalue weighted by atomic mass is 32.2. The molecule has 0 aliphatic heterocycles. The van der Waals surface area contributed by atoms with E-state index in [4.69, 9.17) is 0 Å². The number of hydrogen-bond donors (Lipinski definition) is 2. The number of carbonyl (C=O) groups is 1. The van der Waals surface area contributed by atoms with Crippen LogP contribution in [0.2, 0.25) is 0 Å². The van der Waals surface area contributed by atoms with Crippen molar-refractivity contribution in [1.29, 1.82) is 0 Å². The maximum Gasteiger partial charge on any atom is 0.261 e. The van der Waals surface area contributed by atoms with Crippen LogP contribution >= 0.6 is 0 Å². The van der Waals surface area contributed by atoms with Crippen LogP contribution in [0.3, 0.4) is 0 Å². The lowest BCUT2D eigenvalue weighted by Crippen LogP contribution is -2.51. The average molecular weight is 439 g/mol. The van der Waals surface area contributed by atoms with Gasteiger partial charge in [0.25, 0.3) is 10.0 Å². The van der Waals surface area contributed by atoms with E-state index in [0.717, 1.165) is 30.4 Å². The minimum atomic E-state index is -3.69. The SMILES string of the molecule is Cc1ccc(NS(=O)(=O)c2ccc(NC(=O)C34CC5CC(CC(C5)C3)C4)cc2)c(C)c1. The van der Waals surface area contributed by atoms with E-state index in [0.29, 0.717) is 29.1 Å². The van der Waals surface area contributed by atoms with E-state index in [1.807, 2.05) is 26.0 Å². The Morgan fingerprint density at radius 2 is 1.48 bits per heavy atom. The van der Waals surface area contributed by atoms with E-state index in [1.165, 1.54) is 19.3 Å². The number of anilines is 2. The van der Waals surface area contributed by atoms with Gasteiger partial charge in [-0.1, -0.05) is 17.7 Å². The molecule has 2 aromatic carbocycles. The summed E-state index contributed by atoms with van der Waals surface area (Å²) in [5.41, 5.74) is 2.97. The molecule has 31 heavy (non-hydrogen) atoms. The van der Waals surface area contributed by atoms with Crippen molar-refractivity contribution in [2.45, 2.75) is 57.3 Å². The first-order valence-electron chi connectivity index (χ1n) is 11.2. The maximum atomic E-state index is 13.2. The molecule has 4 saturated carbocycles. The highest BCUT2D eigenvalue weighted by molar-refractivity contribution is 7.92. The Morgan fingerprint density at radius 1 is 0.903 bits per heavy atom. The van der Waals surface area contributed by atoms with E-state index < -0.39 is 10.0 Å². The van der Waals surface area contributed by atoms with E-state index in [-0.39, 0.29) is 16.2 Å². The second-order valence-electron chi connectivity index (χ2n) is 10.1. The zero-order chi connectivity index (χ0) is 21.8. The minimum Gasteiger partial charge on any atom is -0.326 e. The van der Waals surface area contributed by atoms with Crippen molar-refractivity contribution in [3.8, 4) is 0 Å². The highest BCUT2D eigenvalue weighted by Crippen LogP contribution is 2.60. The Balaban J connectivity index is 1.29. The second-order valence-corrected chi connectivity index (χ2v) is 11.8. The molecule has 0 aromatic heterocycles. The summed E-state index contributed by atoms with van der Waals surface area (Å²) in [6.45, 7) is 3.86. The molecule has 4 fully saturated rings. The van der Waals surface area contributed by atoms with Crippen molar-refractivity contribution in [2.24, 2.45) is 23.2 Å². The summed E-state index contributed by atoms with van der Waals surface area (Å²) in [5.74, 6) is 2.25. The van der Waals surface area contributed by atoms with Crippen LogP contribution in [-0.4, -0.2) is 14.3 Å². The number of hydrogen-bond acceptors (Lipinski definition) is 3. The smallest absolute Gasteiger partial charge is 0.261 e. The summed E-state index contributed by atoms with van der Waals surface area (Å²) < 4.78 is 28.3. The number of nitrogens with one attached hydrogen (secondary N) is 2. The lowest BCUT2D eigenvalue weighted by molar-refractivity contribution is -0.140. The molecule has 0 atom stereocenters. The lowest BCUT2D eigenvalue weighted by Gasteiger charge is -2.55. The normalized spacial score (nSPS) is 29.0. The molecule has 6 heteroatoms. The molecule has 0 radical (unpaired) electrons. The predicted molar refractivity (Wildman–Crippen MR) is 122 cm³/mol. The highest BCUT2D eigenvalue weighted by Gasteiger charge is 2.54. The van der Waals surface area contributed by atoms with Gasteiger partial charge in [0.2, 0.25) is 5.91 Å². The van der Waals surface area contributed by atoms with E-state index in [1.54, 1.807) is 30.3 Å². The Hall–Kier alpha value is -2.34. The maximum absolute atomic E-state index is 13.2. The molecular weight excluding hydrogens is 408 g/mol. The third-order valence-corrected chi connectivity index (χ3v) is 8.95. The molecule has 4 aliphatic carbocycles. The van der Waals surface area contributed by atoms with Crippen molar-refractivity contribution in [1.82, 2.24) is 0 Å². The Morgan fingerprint density at radius 3 is 2.03 bits per heavy atom. The summed E-state index contributed by atoms with van der Waals surface area (Å²) >= 11 is 0. The molecule has 2 aromatic rings. The van der Waals surface area contributed by atoms with Gasteiger partial charge in [0.05, 0.1) is 16.0 Å². The van der Waals surface area contributed by atoms with Crippen LogP contribution in [0, 0.1) is 37.0 Å². The van der Waals surface area contributed by atoms with E-state index in [9.17, 15) is 13.2 Å². The lowest BCUT2D eigenvalue weighted by atomic mass is 9.49. The van der Waals surface area contributed by atoms with Crippen LogP contribution in [-0.2, 0) is 14.8 Å². The Bertz CT molecular complexity index is 1090. The molecule has 5 nitrogen and oxygen atoms in total. The molecule has 0 saturated heterocycles. The fourth-order valence-corrected chi connectivity index (χ4v) is 7.63. The molecule has 164 valence electrons. The van der Waals surface area contributed by atoms with Gasteiger partial charge in [-0.05, 0) is 106 Å². The van der Waals surface area contributed by atoms with Gasteiger partial charge in [0.15, 0.2) is 0 Å². The number of carbonyl (C=O) groups excluding carboxylic acids is 1.